The van der Waals surface area contributed by atoms with E-state index in [9.17, 15) is 4.79 Å². The normalized spacial score (nSPS) is 12.8. The number of nitrogens with two attached hydrogens (primary N) is 1. The van der Waals surface area contributed by atoms with Crippen LogP contribution in [0.4, 0.5) is 0 Å². The second kappa shape index (κ2) is 4.59. The second-order valence-electron chi connectivity index (χ2n) is 4.12. The second-order valence-corrected chi connectivity index (χ2v) is 4.12. The highest BCUT2D eigenvalue weighted by Crippen LogP contribution is 2.31. The Morgan fingerprint density at radius 1 is 1.47 bits per heavy atom. The molecule has 0 bridgehead atoms. The number of carboxylic acid groups (broad SMARTS) is 1. The Labute approximate surface area is 99.0 Å². The van der Waals surface area contributed by atoms with Gasteiger partial charge in [0.2, 0.25) is 0 Å². The van der Waals surface area contributed by atoms with Gasteiger partial charge in [0.05, 0.1) is 6.42 Å². The van der Waals surface area contributed by atoms with Crippen LogP contribution in [0, 0.1) is 6.92 Å². The molecule has 4 heteroatoms. The summed E-state index contributed by atoms with van der Waals surface area (Å²) in [6, 6.07) is 7.67. The minimum absolute atomic E-state index is 0.00282. The number of para-hydroxylation sites is 1. The molecule has 0 radical (unpaired) electrons. The number of furan rings is 1. The van der Waals surface area contributed by atoms with Crippen LogP contribution in [0.5, 0.6) is 0 Å². The number of carboxylic acids is 1. The first-order chi connectivity index (χ1) is 8.13. The minimum Gasteiger partial charge on any atom is -0.481 e. The number of carbonyl (C=O) groups is 1. The summed E-state index contributed by atoms with van der Waals surface area (Å²) in [5, 5.41) is 9.86. The highest BCUT2D eigenvalue weighted by molar-refractivity contribution is 5.82. The molecular weight excluding hydrogens is 218 g/mol. The van der Waals surface area contributed by atoms with Crippen molar-refractivity contribution in [1.82, 2.24) is 0 Å². The van der Waals surface area contributed by atoms with Crippen LogP contribution in [0.25, 0.3) is 11.0 Å². The van der Waals surface area contributed by atoms with Crippen LogP contribution in [-0.2, 0) is 4.79 Å². The number of rotatable bonds is 4. The summed E-state index contributed by atoms with van der Waals surface area (Å²) in [5.41, 5.74) is 7.39. The van der Waals surface area contributed by atoms with E-state index in [0.29, 0.717) is 5.76 Å². The van der Waals surface area contributed by atoms with E-state index in [1.54, 1.807) is 0 Å². The molecule has 4 nitrogen and oxygen atoms in total. The Balaban J connectivity index is 2.46. The first kappa shape index (κ1) is 11.7. The molecule has 1 unspecified atom stereocenters. The molecule has 1 aromatic heterocycles. The number of aliphatic carboxylic acids is 1. The molecule has 3 N–H and O–H groups in total. The monoisotopic (exact) mass is 233 g/mol. The maximum absolute atomic E-state index is 10.8. The highest BCUT2D eigenvalue weighted by Gasteiger charge is 2.21. The fraction of sp³-hybridized carbons (Fsp3) is 0.308. The van der Waals surface area contributed by atoms with E-state index in [4.69, 9.17) is 15.3 Å². The lowest BCUT2D eigenvalue weighted by molar-refractivity contribution is -0.137. The molecular formula is C13H15NO3. The van der Waals surface area contributed by atoms with Crippen molar-refractivity contribution in [1.29, 1.82) is 0 Å². The molecule has 17 heavy (non-hydrogen) atoms. The van der Waals surface area contributed by atoms with Gasteiger partial charge in [-0.3, -0.25) is 4.79 Å². The van der Waals surface area contributed by atoms with Crippen molar-refractivity contribution >= 4 is 16.9 Å². The molecule has 1 aromatic carbocycles. The van der Waals surface area contributed by atoms with Gasteiger partial charge >= 0.3 is 5.97 Å². The Morgan fingerprint density at radius 3 is 2.76 bits per heavy atom. The Hall–Kier alpha value is -1.81. The molecule has 0 saturated heterocycles. The van der Waals surface area contributed by atoms with Gasteiger partial charge in [-0.1, -0.05) is 18.2 Å². The smallest absolute Gasteiger partial charge is 0.304 e. The van der Waals surface area contributed by atoms with Crippen LogP contribution in [-0.4, -0.2) is 17.6 Å². The van der Waals surface area contributed by atoms with E-state index in [1.807, 2.05) is 31.2 Å². The van der Waals surface area contributed by atoms with Gasteiger partial charge in [0, 0.05) is 17.8 Å². The van der Waals surface area contributed by atoms with Gasteiger partial charge in [-0.05, 0) is 18.6 Å². The first-order valence-electron chi connectivity index (χ1n) is 5.53. The van der Waals surface area contributed by atoms with Gasteiger partial charge in [0.25, 0.3) is 0 Å². The van der Waals surface area contributed by atoms with Gasteiger partial charge in [0.1, 0.15) is 11.3 Å². The SMILES string of the molecule is Cc1c(C(CN)CC(=O)O)oc2ccccc12. The lowest BCUT2D eigenvalue weighted by Crippen LogP contribution is -2.16. The molecule has 0 aliphatic heterocycles. The van der Waals surface area contributed by atoms with E-state index < -0.39 is 5.97 Å². The van der Waals surface area contributed by atoms with Crippen molar-refractivity contribution in [3.8, 4) is 0 Å². The van der Waals surface area contributed by atoms with E-state index in [2.05, 4.69) is 0 Å². The van der Waals surface area contributed by atoms with Gasteiger partial charge in [-0.15, -0.1) is 0 Å². The van der Waals surface area contributed by atoms with Crippen LogP contribution in [0.3, 0.4) is 0 Å². The van der Waals surface area contributed by atoms with Crippen LogP contribution >= 0.6 is 0 Å². The molecule has 0 fully saturated rings. The largest absolute Gasteiger partial charge is 0.481 e. The van der Waals surface area contributed by atoms with Crippen LogP contribution < -0.4 is 5.73 Å². The summed E-state index contributed by atoms with van der Waals surface area (Å²) in [5.74, 6) is -0.434. The molecule has 2 rings (SSSR count). The number of hydrogen-bond acceptors (Lipinski definition) is 3. The number of fused-ring (bicyclic) bond motifs is 1. The zero-order chi connectivity index (χ0) is 12.4. The van der Waals surface area contributed by atoms with Crippen molar-refractivity contribution in [2.45, 2.75) is 19.3 Å². The zero-order valence-electron chi connectivity index (χ0n) is 9.64. The summed E-state index contributed by atoms with van der Waals surface area (Å²) in [6.45, 7) is 2.21. The molecule has 0 aliphatic carbocycles. The van der Waals surface area contributed by atoms with Crippen LogP contribution in [0.15, 0.2) is 28.7 Å². The quantitative estimate of drug-likeness (QED) is 0.849. The lowest BCUT2D eigenvalue weighted by atomic mass is 9.98. The predicted octanol–water partition coefficient (Wildman–Crippen LogP) is 2.26. The molecule has 2 aromatic rings. The van der Waals surface area contributed by atoms with Crippen molar-refractivity contribution in [3.63, 3.8) is 0 Å². The maximum Gasteiger partial charge on any atom is 0.304 e. The Bertz CT molecular complexity index is 545. The third kappa shape index (κ3) is 2.17. The van der Waals surface area contributed by atoms with E-state index in [1.165, 1.54) is 0 Å². The maximum atomic E-state index is 10.8. The summed E-state index contributed by atoms with van der Waals surface area (Å²) < 4.78 is 5.71. The zero-order valence-corrected chi connectivity index (χ0v) is 9.64. The standard InChI is InChI=1S/C13H15NO3/c1-8-10-4-2-3-5-11(10)17-13(8)9(7-14)6-12(15)16/h2-5,9H,6-7,14H2,1H3,(H,15,16). The Morgan fingerprint density at radius 2 is 2.18 bits per heavy atom. The minimum atomic E-state index is -0.861. The number of aryl methyl sites for hydroxylation is 1. The summed E-state index contributed by atoms with van der Waals surface area (Å²) in [6.07, 6.45) is -0.00282. The van der Waals surface area contributed by atoms with Crippen LogP contribution in [0.2, 0.25) is 0 Å². The number of hydrogen-bond donors (Lipinski definition) is 2. The predicted molar refractivity (Wildman–Crippen MR) is 65.0 cm³/mol. The molecule has 0 spiro atoms. The average Bonchev–Trinajstić information content (AvgIpc) is 2.64. The molecule has 0 aliphatic rings. The topological polar surface area (TPSA) is 76.5 Å². The van der Waals surface area contributed by atoms with Crippen molar-refractivity contribution < 1.29 is 14.3 Å². The molecule has 1 heterocycles. The highest BCUT2D eigenvalue weighted by atomic mass is 16.4. The Kier molecular flexibility index (Phi) is 3.15. The lowest BCUT2D eigenvalue weighted by Gasteiger charge is -2.09. The summed E-state index contributed by atoms with van der Waals surface area (Å²) in [4.78, 5) is 10.8. The fourth-order valence-corrected chi connectivity index (χ4v) is 2.08. The summed E-state index contributed by atoms with van der Waals surface area (Å²) >= 11 is 0. The van der Waals surface area contributed by atoms with Crippen LogP contribution in [0.1, 0.15) is 23.7 Å². The molecule has 0 amide bonds. The van der Waals surface area contributed by atoms with Gasteiger partial charge < -0.3 is 15.3 Å². The fourth-order valence-electron chi connectivity index (χ4n) is 2.08. The van der Waals surface area contributed by atoms with E-state index in [-0.39, 0.29) is 18.9 Å². The third-order valence-electron chi connectivity index (χ3n) is 2.96. The molecule has 1 atom stereocenters. The first-order valence-corrected chi connectivity index (χ1v) is 5.53. The van der Waals surface area contributed by atoms with E-state index >= 15 is 0 Å². The van der Waals surface area contributed by atoms with E-state index in [0.717, 1.165) is 16.5 Å². The van der Waals surface area contributed by atoms with Gasteiger partial charge in [0.15, 0.2) is 0 Å². The molecule has 90 valence electrons. The molecule has 0 saturated carbocycles. The van der Waals surface area contributed by atoms with Crippen molar-refractivity contribution in [2.75, 3.05) is 6.54 Å². The summed E-state index contributed by atoms with van der Waals surface area (Å²) in [7, 11) is 0. The number of benzene rings is 1. The van der Waals surface area contributed by atoms with Gasteiger partial charge in [-0.25, -0.2) is 0 Å². The van der Waals surface area contributed by atoms with Gasteiger partial charge in [-0.2, -0.15) is 0 Å². The third-order valence-corrected chi connectivity index (χ3v) is 2.96. The van der Waals surface area contributed by atoms with Crippen molar-refractivity contribution in [3.05, 3.63) is 35.6 Å². The van der Waals surface area contributed by atoms with Crippen molar-refractivity contribution in [2.24, 2.45) is 5.73 Å². The average molecular weight is 233 g/mol.